The minimum absolute atomic E-state index is 0.0489. The van der Waals surface area contributed by atoms with Crippen LogP contribution in [0.5, 0.6) is 0 Å². The molecule has 1 unspecified atom stereocenters. The number of amides is 3. The van der Waals surface area contributed by atoms with Gasteiger partial charge in [-0.15, -0.1) is 0 Å². The van der Waals surface area contributed by atoms with E-state index in [1.165, 1.54) is 4.90 Å². The number of likely N-dealkylation sites (N-methyl/N-ethyl adjacent to an activating group) is 1. The number of nitrogens with one attached hydrogen (secondary N) is 1. The number of rotatable bonds is 5. The van der Waals surface area contributed by atoms with Crippen molar-refractivity contribution in [3.8, 4) is 0 Å². The molecule has 0 aromatic carbocycles. The third-order valence-electron chi connectivity index (χ3n) is 4.58. The minimum atomic E-state index is -0.277. The summed E-state index contributed by atoms with van der Waals surface area (Å²) < 4.78 is 0. The molecule has 1 saturated carbocycles. The van der Waals surface area contributed by atoms with Crippen LogP contribution >= 0.6 is 0 Å². The van der Waals surface area contributed by atoms with E-state index in [-0.39, 0.29) is 30.3 Å². The number of nitrogens with zero attached hydrogens (tertiary/aromatic N) is 3. The summed E-state index contributed by atoms with van der Waals surface area (Å²) in [5.41, 5.74) is 0. The van der Waals surface area contributed by atoms with E-state index in [2.05, 4.69) is 10.2 Å². The standard InChI is InChI=1S/C16H28N4O3/c1-12(19-7-4-8-20(10-9-19)13(2)21)16(23)18(3)11-15(22)17-14-5-6-14/h12,14H,4-11H2,1-3H3,(H,17,22). The Morgan fingerprint density at radius 3 is 2.48 bits per heavy atom. The summed E-state index contributed by atoms with van der Waals surface area (Å²) in [7, 11) is 1.67. The van der Waals surface area contributed by atoms with Crippen molar-refractivity contribution < 1.29 is 14.4 Å². The van der Waals surface area contributed by atoms with E-state index < -0.39 is 0 Å². The van der Waals surface area contributed by atoms with Gasteiger partial charge in [0.25, 0.3) is 0 Å². The number of hydrogen-bond donors (Lipinski definition) is 1. The van der Waals surface area contributed by atoms with Gasteiger partial charge in [-0.1, -0.05) is 0 Å². The lowest BCUT2D eigenvalue weighted by atomic mass is 10.2. The first-order chi connectivity index (χ1) is 10.9. The predicted molar refractivity (Wildman–Crippen MR) is 86.7 cm³/mol. The largest absolute Gasteiger partial charge is 0.352 e. The second kappa shape index (κ2) is 7.77. The van der Waals surface area contributed by atoms with Crippen LogP contribution in [0.4, 0.5) is 0 Å². The van der Waals surface area contributed by atoms with E-state index in [1.807, 2.05) is 11.8 Å². The highest BCUT2D eigenvalue weighted by molar-refractivity contribution is 5.87. The van der Waals surface area contributed by atoms with Gasteiger partial charge in [0.05, 0.1) is 12.6 Å². The molecule has 0 radical (unpaired) electrons. The molecule has 3 amide bonds. The molecule has 0 bridgehead atoms. The van der Waals surface area contributed by atoms with Crippen molar-refractivity contribution in [2.24, 2.45) is 0 Å². The SMILES string of the molecule is CC(=O)N1CCCN(C(C)C(=O)N(C)CC(=O)NC2CC2)CC1. The lowest BCUT2D eigenvalue weighted by Gasteiger charge is -2.30. The molecule has 1 aliphatic carbocycles. The maximum atomic E-state index is 12.5. The second-order valence-corrected chi connectivity index (χ2v) is 6.61. The summed E-state index contributed by atoms with van der Waals surface area (Å²) in [4.78, 5) is 41.2. The lowest BCUT2D eigenvalue weighted by Crippen LogP contribution is -2.49. The Balaban J connectivity index is 1.82. The van der Waals surface area contributed by atoms with E-state index in [1.54, 1.807) is 14.0 Å². The summed E-state index contributed by atoms with van der Waals surface area (Å²) in [5, 5.41) is 2.90. The molecule has 1 atom stereocenters. The normalized spacial score (nSPS) is 20.6. The molecule has 2 fully saturated rings. The van der Waals surface area contributed by atoms with Gasteiger partial charge in [0, 0.05) is 46.2 Å². The molecular formula is C16H28N4O3. The van der Waals surface area contributed by atoms with Gasteiger partial charge in [0.1, 0.15) is 0 Å². The first-order valence-corrected chi connectivity index (χ1v) is 8.42. The molecule has 7 heteroatoms. The third kappa shape index (κ3) is 5.20. The number of carbonyl (C=O) groups is 3. The fraction of sp³-hybridized carbons (Fsp3) is 0.812. The number of carbonyl (C=O) groups excluding carboxylic acids is 3. The molecule has 0 aromatic heterocycles. The maximum Gasteiger partial charge on any atom is 0.239 e. The van der Waals surface area contributed by atoms with Crippen LogP contribution in [0, 0.1) is 0 Å². The highest BCUT2D eigenvalue weighted by atomic mass is 16.2. The molecule has 1 aliphatic heterocycles. The van der Waals surface area contributed by atoms with Crippen molar-refractivity contribution in [2.75, 3.05) is 39.8 Å². The highest BCUT2D eigenvalue weighted by Crippen LogP contribution is 2.18. The molecule has 130 valence electrons. The van der Waals surface area contributed by atoms with Crippen LogP contribution < -0.4 is 5.32 Å². The van der Waals surface area contributed by atoms with Crippen LogP contribution in [0.15, 0.2) is 0 Å². The Bertz CT molecular complexity index is 464. The van der Waals surface area contributed by atoms with Gasteiger partial charge in [0.2, 0.25) is 17.7 Å². The van der Waals surface area contributed by atoms with Gasteiger partial charge in [-0.05, 0) is 26.2 Å². The fourth-order valence-corrected chi connectivity index (χ4v) is 2.91. The Hall–Kier alpha value is -1.63. The summed E-state index contributed by atoms with van der Waals surface area (Å²) in [5.74, 6) is -0.0545. The third-order valence-corrected chi connectivity index (χ3v) is 4.58. The van der Waals surface area contributed by atoms with Crippen LogP contribution in [0.3, 0.4) is 0 Å². The molecule has 2 aliphatic rings. The van der Waals surface area contributed by atoms with Gasteiger partial charge in [0.15, 0.2) is 0 Å². The van der Waals surface area contributed by atoms with E-state index in [0.717, 1.165) is 32.4 Å². The van der Waals surface area contributed by atoms with E-state index >= 15 is 0 Å². The topological polar surface area (TPSA) is 73.0 Å². The summed E-state index contributed by atoms with van der Waals surface area (Å²) in [6.45, 7) is 6.43. The van der Waals surface area contributed by atoms with Crippen molar-refractivity contribution in [3.63, 3.8) is 0 Å². The zero-order valence-electron chi connectivity index (χ0n) is 14.4. The quantitative estimate of drug-likeness (QED) is 0.751. The van der Waals surface area contributed by atoms with Crippen molar-refractivity contribution >= 4 is 17.7 Å². The van der Waals surface area contributed by atoms with Crippen LogP contribution in [0.2, 0.25) is 0 Å². The Morgan fingerprint density at radius 2 is 1.87 bits per heavy atom. The monoisotopic (exact) mass is 324 g/mol. The van der Waals surface area contributed by atoms with Gasteiger partial charge >= 0.3 is 0 Å². The Labute approximate surface area is 138 Å². The molecule has 0 aromatic rings. The van der Waals surface area contributed by atoms with Crippen molar-refractivity contribution in [1.29, 1.82) is 0 Å². The van der Waals surface area contributed by atoms with Gasteiger partial charge in [-0.25, -0.2) is 0 Å². The molecule has 2 rings (SSSR count). The molecule has 0 spiro atoms. The first kappa shape index (κ1) is 17.7. The summed E-state index contributed by atoms with van der Waals surface area (Å²) in [6, 6.07) is 0.0345. The maximum absolute atomic E-state index is 12.5. The molecule has 1 heterocycles. The molecule has 23 heavy (non-hydrogen) atoms. The molecule has 7 nitrogen and oxygen atoms in total. The van der Waals surface area contributed by atoms with E-state index in [9.17, 15) is 14.4 Å². The molecule has 1 saturated heterocycles. The smallest absolute Gasteiger partial charge is 0.239 e. The van der Waals surface area contributed by atoms with Gasteiger partial charge in [-0.2, -0.15) is 0 Å². The highest BCUT2D eigenvalue weighted by Gasteiger charge is 2.28. The van der Waals surface area contributed by atoms with E-state index in [0.29, 0.717) is 19.1 Å². The second-order valence-electron chi connectivity index (χ2n) is 6.61. The van der Waals surface area contributed by atoms with Crippen molar-refractivity contribution in [1.82, 2.24) is 20.0 Å². The van der Waals surface area contributed by atoms with Crippen LogP contribution in [0.25, 0.3) is 0 Å². The molecular weight excluding hydrogens is 296 g/mol. The molecule has 1 N–H and O–H groups in total. The number of hydrogen-bond acceptors (Lipinski definition) is 4. The summed E-state index contributed by atoms with van der Waals surface area (Å²) in [6.07, 6.45) is 2.95. The van der Waals surface area contributed by atoms with E-state index in [4.69, 9.17) is 0 Å². The zero-order chi connectivity index (χ0) is 17.0. The minimum Gasteiger partial charge on any atom is -0.352 e. The zero-order valence-corrected chi connectivity index (χ0v) is 14.4. The van der Waals surface area contributed by atoms with Crippen molar-refractivity contribution in [3.05, 3.63) is 0 Å². The van der Waals surface area contributed by atoms with Crippen LogP contribution in [0.1, 0.15) is 33.1 Å². The average Bonchev–Trinajstić information content (AvgIpc) is 3.31. The Kier molecular flexibility index (Phi) is 5.98. The Morgan fingerprint density at radius 1 is 1.17 bits per heavy atom. The fourth-order valence-electron chi connectivity index (χ4n) is 2.91. The lowest BCUT2D eigenvalue weighted by molar-refractivity contribution is -0.138. The predicted octanol–water partition coefficient (Wildman–Crippen LogP) is -0.334. The first-order valence-electron chi connectivity index (χ1n) is 8.42. The average molecular weight is 324 g/mol. The van der Waals surface area contributed by atoms with Gasteiger partial charge < -0.3 is 15.1 Å². The van der Waals surface area contributed by atoms with Crippen LogP contribution in [-0.4, -0.2) is 84.3 Å². The van der Waals surface area contributed by atoms with Crippen LogP contribution in [-0.2, 0) is 14.4 Å². The summed E-state index contributed by atoms with van der Waals surface area (Å²) >= 11 is 0. The van der Waals surface area contributed by atoms with Crippen molar-refractivity contribution in [2.45, 2.75) is 45.2 Å². The van der Waals surface area contributed by atoms with Gasteiger partial charge in [-0.3, -0.25) is 19.3 Å².